The van der Waals surface area contributed by atoms with Crippen molar-refractivity contribution in [2.24, 2.45) is 0 Å². The van der Waals surface area contributed by atoms with Crippen LogP contribution < -0.4 is 4.90 Å². The molecule has 0 aliphatic heterocycles. The van der Waals surface area contributed by atoms with Crippen molar-refractivity contribution in [2.75, 3.05) is 4.90 Å². The molecule has 11 rings (SSSR count). The van der Waals surface area contributed by atoms with E-state index in [0.29, 0.717) is 0 Å². The van der Waals surface area contributed by atoms with Gasteiger partial charge in [-0.15, -0.1) is 0 Å². The normalized spacial score (nSPS) is 12.0. The first-order chi connectivity index (χ1) is 24.8. The van der Waals surface area contributed by atoms with Gasteiger partial charge in [0.25, 0.3) is 0 Å². The monoisotopic (exact) mass is 634 g/mol. The molecule has 50 heavy (non-hydrogen) atoms. The van der Waals surface area contributed by atoms with Gasteiger partial charge < -0.3 is 9.47 Å². The van der Waals surface area contributed by atoms with Crippen molar-refractivity contribution in [3.05, 3.63) is 182 Å². The molecular formula is C48H30N2. The van der Waals surface area contributed by atoms with Crippen molar-refractivity contribution >= 4 is 82.0 Å². The third-order valence-corrected chi connectivity index (χ3v) is 10.7. The zero-order valence-corrected chi connectivity index (χ0v) is 27.2. The molecule has 0 spiro atoms. The lowest BCUT2D eigenvalue weighted by Gasteiger charge is -2.26. The Kier molecular flexibility index (Phi) is 5.70. The SMILES string of the molecule is c1ccc(-c2ccc(N(c3ccccc3)c3cccc(-n4c5cccc6c7cccc8c9ccccc9c9ccc4c(c9c87)c65)c3)cc2)cc1. The van der Waals surface area contributed by atoms with E-state index >= 15 is 0 Å². The summed E-state index contributed by atoms with van der Waals surface area (Å²) in [5.41, 5.74) is 9.39. The average molecular weight is 635 g/mol. The predicted molar refractivity (Wildman–Crippen MR) is 213 cm³/mol. The van der Waals surface area contributed by atoms with Gasteiger partial charge >= 0.3 is 0 Å². The summed E-state index contributed by atoms with van der Waals surface area (Å²) in [7, 11) is 0. The first kappa shape index (κ1) is 27.3. The summed E-state index contributed by atoms with van der Waals surface area (Å²) in [6.45, 7) is 0. The van der Waals surface area contributed by atoms with Gasteiger partial charge in [-0.3, -0.25) is 0 Å². The van der Waals surface area contributed by atoms with Crippen LogP contribution in [-0.2, 0) is 0 Å². The van der Waals surface area contributed by atoms with Crippen molar-refractivity contribution in [1.29, 1.82) is 0 Å². The highest BCUT2D eigenvalue weighted by Gasteiger charge is 2.24. The predicted octanol–water partition coefficient (Wildman–Crippen LogP) is 13.4. The lowest BCUT2D eigenvalue weighted by Crippen LogP contribution is -2.10. The summed E-state index contributed by atoms with van der Waals surface area (Å²) in [5.74, 6) is 0. The quantitative estimate of drug-likeness (QED) is 0.135. The number of benzene rings is 10. The lowest BCUT2D eigenvalue weighted by atomic mass is 9.86. The fourth-order valence-corrected chi connectivity index (χ4v) is 8.59. The van der Waals surface area contributed by atoms with Crippen LogP contribution in [0.15, 0.2) is 182 Å². The van der Waals surface area contributed by atoms with Crippen molar-refractivity contribution in [1.82, 2.24) is 4.57 Å². The second-order valence-electron chi connectivity index (χ2n) is 13.3. The third kappa shape index (κ3) is 3.79. The maximum Gasteiger partial charge on any atom is 0.0548 e. The highest BCUT2D eigenvalue weighted by molar-refractivity contribution is 6.44. The van der Waals surface area contributed by atoms with Gasteiger partial charge in [0.1, 0.15) is 0 Å². The van der Waals surface area contributed by atoms with Gasteiger partial charge in [0.2, 0.25) is 0 Å². The van der Waals surface area contributed by atoms with Crippen molar-refractivity contribution in [3.63, 3.8) is 0 Å². The van der Waals surface area contributed by atoms with Gasteiger partial charge in [-0.2, -0.15) is 0 Å². The van der Waals surface area contributed by atoms with Crippen molar-refractivity contribution in [3.8, 4) is 16.8 Å². The summed E-state index contributed by atoms with van der Waals surface area (Å²) < 4.78 is 2.48. The molecule has 0 N–H and O–H groups in total. The van der Waals surface area contributed by atoms with Crippen LogP contribution in [0.3, 0.4) is 0 Å². The second-order valence-corrected chi connectivity index (χ2v) is 13.3. The largest absolute Gasteiger partial charge is 0.310 e. The van der Waals surface area contributed by atoms with Crippen LogP contribution >= 0.6 is 0 Å². The summed E-state index contributed by atoms with van der Waals surface area (Å²) >= 11 is 0. The van der Waals surface area contributed by atoms with Gasteiger partial charge in [0.05, 0.1) is 11.0 Å². The number of hydrogen-bond donors (Lipinski definition) is 0. The Hall–Kier alpha value is -6.64. The molecule has 2 heteroatoms. The van der Waals surface area contributed by atoms with Gasteiger partial charge in [0.15, 0.2) is 0 Å². The van der Waals surface area contributed by atoms with Crippen LogP contribution in [-0.4, -0.2) is 4.57 Å². The highest BCUT2D eigenvalue weighted by Crippen LogP contribution is 2.49. The van der Waals surface area contributed by atoms with E-state index in [1.165, 1.54) is 76.0 Å². The molecular weight excluding hydrogens is 605 g/mol. The Balaban J connectivity index is 1.16. The first-order valence-electron chi connectivity index (χ1n) is 17.3. The van der Waals surface area contributed by atoms with Gasteiger partial charge in [-0.1, -0.05) is 127 Å². The molecule has 232 valence electrons. The van der Waals surface area contributed by atoms with Crippen LogP contribution in [0.2, 0.25) is 0 Å². The number of hydrogen-bond acceptors (Lipinski definition) is 1. The summed E-state index contributed by atoms with van der Waals surface area (Å²) in [6.07, 6.45) is 0. The Morgan fingerprint density at radius 3 is 1.58 bits per heavy atom. The standard InChI is InChI=1S/C48H30N2/c1-3-12-31(13-4-1)32-24-26-34(27-25-32)49(33-14-5-2-6-15-33)35-16-9-17-36(30-35)50-43-23-11-22-41-40-21-10-20-39-37-18-7-8-19-38(37)42-28-29-44(50)48(46(41)43)47(42)45(39)40/h1-30H. The molecule has 0 unspecified atom stereocenters. The lowest BCUT2D eigenvalue weighted by molar-refractivity contribution is 1.17. The number of aromatic nitrogens is 1. The Morgan fingerprint density at radius 1 is 0.300 bits per heavy atom. The molecule has 0 saturated heterocycles. The fourth-order valence-electron chi connectivity index (χ4n) is 8.59. The zero-order chi connectivity index (χ0) is 32.8. The summed E-state index contributed by atoms with van der Waals surface area (Å²) in [4.78, 5) is 2.36. The fraction of sp³-hybridized carbons (Fsp3) is 0. The Bertz CT molecular complexity index is 3010. The second kappa shape index (κ2) is 10.4. The molecule has 10 aromatic carbocycles. The molecule has 11 aromatic rings. The minimum absolute atomic E-state index is 1.11. The van der Waals surface area contributed by atoms with E-state index in [2.05, 4.69) is 191 Å². The summed E-state index contributed by atoms with van der Waals surface area (Å²) in [6, 6.07) is 66.4. The third-order valence-electron chi connectivity index (χ3n) is 10.7. The number of anilines is 3. The van der Waals surface area contributed by atoms with Crippen LogP contribution in [0.4, 0.5) is 17.1 Å². The number of nitrogens with zero attached hydrogens (tertiary/aromatic N) is 2. The Labute approximate surface area is 289 Å². The van der Waals surface area contributed by atoms with Crippen LogP contribution in [0, 0.1) is 0 Å². The maximum atomic E-state index is 2.48. The molecule has 0 radical (unpaired) electrons. The molecule has 1 heterocycles. The zero-order valence-electron chi connectivity index (χ0n) is 27.2. The molecule has 0 fully saturated rings. The van der Waals surface area contributed by atoms with E-state index in [0.717, 1.165) is 22.7 Å². The molecule has 0 saturated carbocycles. The number of para-hydroxylation sites is 1. The molecule has 2 nitrogen and oxygen atoms in total. The van der Waals surface area contributed by atoms with E-state index in [-0.39, 0.29) is 0 Å². The molecule has 0 aliphatic carbocycles. The maximum absolute atomic E-state index is 2.48. The highest BCUT2D eigenvalue weighted by atomic mass is 15.1. The molecule has 0 bridgehead atoms. The van der Waals surface area contributed by atoms with Crippen LogP contribution in [0.1, 0.15) is 0 Å². The van der Waals surface area contributed by atoms with Gasteiger partial charge in [-0.05, 0) is 103 Å². The van der Waals surface area contributed by atoms with Crippen molar-refractivity contribution in [2.45, 2.75) is 0 Å². The van der Waals surface area contributed by atoms with E-state index in [4.69, 9.17) is 0 Å². The van der Waals surface area contributed by atoms with E-state index in [9.17, 15) is 0 Å². The number of rotatable bonds is 5. The van der Waals surface area contributed by atoms with Crippen LogP contribution in [0.25, 0.3) is 81.7 Å². The smallest absolute Gasteiger partial charge is 0.0548 e. The summed E-state index contributed by atoms with van der Waals surface area (Å²) in [5, 5.41) is 13.3. The minimum atomic E-state index is 1.11. The van der Waals surface area contributed by atoms with Crippen LogP contribution in [0.5, 0.6) is 0 Å². The van der Waals surface area contributed by atoms with E-state index in [1.807, 2.05) is 0 Å². The molecule has 0 aliphatic rings. The number of fused-ring (bicyclic) bond motifs is 4. The van der Waals surface area contributed by atoms with Crippen molar-refractivity contribution < 1.29 is 0 Å². The molecule has 1 aromatic heterocycles. The topological polar surface area (TPSA) is 8.17 Å². The first-order valence-corrected chi connectivity index (χ1v) is 17.3. The Morgan fingerprint density at radius 2 is 0.820 bits per heavy atom. The van der Waals surface area contributed by atoms with Gasteiger partial charge in [-0.25, -0.2) is 0 Å². The minimum Gasteiger partial charge on any atom is -0.310 e. The van der Waals surface area contributed by atoms with E-state index in [1.54, 1.807) is 0 Å². The van der Waals surface area contributed by atoms with E-state index < -0.39 is 0 Å². The average Bonchev–Trinajstić information content (AvgIpc) is 3.54. The van der Waals surface area contributed by atoms with Gasteiger partial charge in [0, 0.05) is 38.9 Å². The molecule has 0 atom stereocenters. The molecule has 0 amide bonds.